The summed E-state index contributed by atoms with van der Waals surface area (Å²) in [4.78, 5) is 25.5. The first-order chi connectivity index (χ1) is 19.5. The number of hydrogen-bond acceptors (Lipinski definition) is 5. The number of fused-ring (bicyclic) bond motifs is 1. The van der Waals surface area contributed by atoms with Crippen molar-refractivity contribution in [3.05, 3.63) is 95.0 Å². The molecule has 5 aromatic rings. The van der Waals surface area contributed by atoms with Gasteiger partial charge in [0.15, 0.2) is 0 Å². The molecule has 0 aliphatic heterocycles. The first kappa shape index (κ1) is 26.0. The molecule has 0 spiro atoms. The third-order valence-corrected chi connectivity index (χ3v) is 7.76. The Bertz CT molecular complexity index is 1670. The molecule has 6 rings (SSSR count). The molecule has 1 N–H and O–H groups in total. The van der Waals surface area contributed by atoms with Crippen LogP contribution in [0.15, 0.2) is 72.9 Å². The van der Waals surface area contributed by atoms with E-state index < -0.39 is 5.97 Å². The molecule has 202 valence electrons. The average molecular weight is 553 g/mol. The van der Waals surface area contributed by atoms with Gasteiger partial charge in [-0.05, 0) is 79.9 Å². The van der Waals surface area contributed by atoms with Gasteiger partial charge in [-0.15, -0.1) is 0 Å². The molecule has 0 saturated heterocycles. The SMILES string of the molecule is Cc1ncc(-c2ccc(Cl)cc2)c(COc2ccc(-c3nc4cc(C(=O)O)ccc4n3C3CCCCC3)cc2)n1. The summed E-state index contributed by atoms with van der Waals surface area (Å²) in [6, 6.07) is 21.1. The van der Waals surface area contributed by atoms with Crippen LogP contribution in [0.3, 0.4) is 0 Å². The van der Waals surface area contributed by atoms with Crippen molar-refractivity contribution in [1.82, 2.24) is 19.5 Å². The van der Waals surface area contributed by atoms with Crippen LogP contribution in [0, 0.1) is 6.92 Å². The molecule has 1 saturated carbocycles. The summed E-state index contributed by atoms with van der Waals surface area (Å²) in [6.07, 6.45) is 7.62. The maximum atomic E-state index is 11.6. The normalized spacial score (nSPS) is 13.9. The van der Waals surface area contributed by atoms with Gasteiger partial charge in [0.2, 0.25) is 0 Å². The molecule has 8 heteroatoms. The molecule has 2 aromatic heterocycles. The molecule has 0 unspecified atom stereocenters. The van der Waals surface area contributed by atoms with E-state index in [4.69, 9.17) is 21.3 Å². The van der Waals surface area contributed by atoms with Crippen molar-refractivity contribution in [1.29, 1.82) is 0 Å². The summed E-state index contributed by atoms with van der Waals surface area (Å²) in [5.74, 6) is 1.30. The molecular formula is C32H29ClN4O3. The lowest BCUT2D eigenvalue weighted by atomic mass is 9.95. The first-order valence-corrected chi connectivity index (χ1v) is 13.9. The number of aromatic nitrogens is 4. The molecule has 1 aliphatic carbocycles. The fourth-order valence-corrected chi connectivity index (χ4v) is 5.62. The number of halogens is 1. The van der Waals surface area contributed by atoms with Gasteiger partial charge in [0.25, 0.3) is 0 Å². The Morgan fingerprint density at radius 3 is 2.42 bits per heavy atom. The van der Waals surface area contributed by atoms with Crippen LogP contribution in [-0.4, -0.2) is 30.6 Å². The van der Waals surface area contributed by atoms with Gasteiger partial charge in [-0.2, -0.15) is 0 Å². The maximum Gasteiger partial charge on any atom is 0.335 e. The number of aromatic carboxylic acids is 1. The quantitative estimate of drug-likeness (QED) is 0.221. The van der Waals surface area contributed by atoms with Gasteiger partial charge in [0.05, 0.1) is 22.3 Å². The molecule has 40 heavy (non-hydrogen) atoms. The van der Waals surface area contributed by atoms with Crippen molar-refractivity contribution in [2.24, 2.45) is 0 Å². The number of carboxylic acids is 1. The van der Waals surface area contributed by atoms with Crippen molar-refractivity contribution >= 4 is 28.6 Å². The Morgan fingerprint density at radius 2 is 1.70 bits per heavy atom. The lowest BCUT2D eigenvalue weighted by Crippen LogP contribution is -2.14. The third kappa shape index (κ3) is 5.29. The fraction of sp³-hybridized carbons (Fsp3) is 0.250. The Hall–Kier alpha value is -4.23. The van der Waals surface area contributed by atoms with Crippen LogP contribution in [0.2, 0.25) is 5.02 Å². The summed E-state index contributed by atoms with van der Waals surface area (Å²) in [7, 11) is 0. The molecule has 0 radical (unpaired) electrons. The van der Waals surface area contributed by atoms with Crippen LogP contribution >= 0.6 is 11.6 Å². The van der Waals surface area contributed by atoms with E-state index in [0.717, 1.165) is 52.3 Å². The van der Waals surface area contributed by atoms with Gasteiger partial charge in [0, 0.05) is 28.4 Å². The number of imidazole rings is 1. The predicted octanol–water partition coefficient (Wildman–Crippen LogP) is 7.90. The van der Waals surface area contributed by atoms with E-state index >= 15 is 0 Å². The zero-order valence-corrected chi connectivity index (χ0v) is 22.9. The van der Waals surface area contributed by atoms with Gasteiger partial charge in [0.1, 0.15) is 24.0 Å². The Morgan fingerprint density at radius 1 is 0.975 bits per heavy atom. The number of carboxylic acid groups (broad SMARTS) is 1. The van der Waals surface area contributed by atoms with Crippen LogP contribution in [0.1, 0.15) is 60.0 Å². The summed E-state index contributed by atoms with van der Waals surface area (Å²) in [6.45, 7) is 2.15. The molecule has 0 amide bonds. The second-order valence-corrected chi connectivity index (χ2v) is 10.6. The number of carbonyl (C=O) groups is 1. The van der Waals surface area contributed by atoms with E-state index in [-0.39, 0.29) is 5.56 Å². The highest BCUT2D eigenvalue weighted by atomic mass is 35.5. The Kier molecular flexibility index (Phi) is 7.22. The standard InChI is InChI=1S/C32H29ClN4O3/c1-20-34-18-27(21-7-12-24(33)13-8-21)29(35-20)19-40-26-14-9-22(10-15-26)31-36-28-17-23(32(38)39)11-16-30(28)37(31)25-5-3-2-4-6-25/h7-18,25H,2-6,19H2,1H3,(H,38,39). The molecule has 1 fully saturated rings. The second kappa shape index (κ2) is 11.1. The van der Waals surface area contributed by atoms with Gasteiger partial charge >= 0.3 is 5.97 Å². The molecule has 3 aromatic carbocycles. The first-order valence-electron chi connectivity index (χ1n) is 13.5. The molecule has 0 bridgehead atoms. The van der Waals surface area contributed by atoms with Crippen LogP contribution in [0.4, 0.5) is 0 Å². The molecular weight excluding hydrogens is 524 g/mol. The number of hydrogen-bond donors (Lipinski definition) is 1. The topological polar surface area (TPSA) is 90.1 Å². The molecule has 2 heterocycles. The highest BCUT2D eigenvalue weighted by Gasteiger charge is 2.23. The van der Waals surface area contributed by atoms with E-state index in [1.165, 1.54) is 19.3 Å². The summed E-state index contributed by atoms with van der Waals surface area (Å²) >= 11 is 6.07. The minimum atomic E-state index is -0.949. The summed E-state index contributed by atoms with van der Waals surface area (Å²) in [5, 5.41) is 10.2. The minimum absolute atomic E-state index is 0.244. The lowest BCUT2D eigenvalue weighted by molar-refractivity contribution is 0.0697. The Balaban J connectivity index is 1.28. The van der Waals surface area contributed by atoms with Gasteiger partial charge in [-0.25, -0.2) is 19.7 Å². The minimum Gasteiger partial charge on any atom is -0.487 e. The monoisotopic (exact) mass is 552 g/mol. The second-order valence-electron chi connectivity index (χ2n) is 10.2. The van der Waals surface area contributed by atoms with Crippen LogP contribution < -0.4 is 4.74 Å². The largest absolute Gasteiger partial charge is 0.487 e. The highest BCUT2D eigenvalue weighted by Crippen LogP contribution is 2.36. The van der Waals surface area contributed by atoms with Crippen LogP contribution in [-0.2, 0) is 6.61 Å². The number of ether oxygens (including phenoxy) is 1. The van der Waals surface area contributed by atoms with Crippen molar-refractivity contribution in [2.45, 2.75) is 51.7 Å². The summed E-state index contributed by atoms with van der Waals surface area (Å²) < 4.78 is 8.47. The zero-order valence-electron chi connectivity index (χ0n) is 22.2. The lowest BCUT2D eigenvalue weighted by Gasteiger charge is -2.25. The summed E-state index contributed by atoms with van der Waals surface area (Å²) in [5.41, 5.74) is 5.56. The third-order valence-electron chi connectivity index (χ3n) is 7.51. The van der Waals surface area contributed by atoms with E-state index in [9.17, 15) is 9.90 Å². The number of aryl methyl sites for hydroxylation is 1. The predicted molar refractivity (Wildman–Crippen MR) is 156 cm³/mol. The van der Waals surface area contributed by atoms with E-state index in [0.29, 0.717) is 29.0 Å². The number of benzene rings is 3. The van der Waals surface area contributed by atoms with Gasteiger partial charge in [-0.1, -0.05) is 43.0 Å². The van der Waals surface area contributed by atoms with E-state index in [1.807, 2.05) is 67.7 Å². The van der Waals surface area contributed by atoms with Gasteiger partial charge < -0.3 is 14.4 Å². The van der Waals surface area contributed by atoms with Crippen molar-refractivity contribution in [3.63, 3.8) is 0 Å². The van der Waals surface area contributed by atoms with Crippen molar-refractivity contribution < 1.29 is 14.6 Å². The molecule has 7 nitrogen and oxygen atoms in total. The van der Waals surface area contributed by atoms with Crippen molar-refractivity contribution in [2.75, 3.05) is 0 Å². The van der Waals surface area contributed by atoms with Gasteiger partial charge in [-0.3, -0.25) is 0 Å². The van der Waals surface area contributed by atoms with Crippen LogP contribution in [0.25, 0.3) is 33.5 Å². The van der Waals surface area contributed by atoms with E-state index in [1.54, 1.807) is 12.1 Å². The molecule has 1 aliphatic rings. The maximum absolute atomic E-state index is 11.6. The average Bonchev–Trinajstić information content (AvgIpc) is 3.36. The van der Waals surface area contributed by atoms with E-state index in [2.05, 4.69) is 14.5 Å². The van der Waals surface area contributed by atoms with Crippen molar-refractivity contribution in [3.8, 4) is 28.3 Å². The fourth-order valence-electron chi connectivity index (χ4n) is 5.49. The zero-order chi connectivity index (χ0) is 27.6. The smallest absolute Gasteiger partial charge is 0.335 e. The Labute approximate surface area is 237 Å². The molecule has 0 atom stereocenters. The number of rotatable bonds is 7. The number of nitrogens with zero attached hydrogens (tertiary/aromatic N) is 4. The highest BCUT2D eigenvalue weighted by molar-refractivity contribution is 6.30. The van der Waals surface area contributed by atoms with Crippen LogP contribution in [0.5, 0.6) is 5.75 Å².